The van der Waals surface area contributed by atoms with Crippen LogP contribution in [-0.4, -0.2) is 32.0 Å². The maximum Gasteiger partial charge on any atom is 0.389 e. The minimum atomic E-state index is -4.07. The minimum Gasteiger partial charge on any atom is -0.377 e. The molecule has 0 aliphatic heterocycles. The van der Waals surface area contributed by atoms with Crippen molar-refractivity contribution in [2.45, 2.75) is 52.3 Å². The number of hydrogen-bond donors (Lipinski definition) is 1. The summed E-state index contributed by atoms with van der Waals surface area (Å²) in [7, 11) is 0. The van der Waals surface area contributed by atoms with E-state index in [4.69, 9.17) is 4.74 Å². The van der Waals surface area contributed by atoms with Gasteiger partial charge in [0, 0.05) is 19.6 Å². The summed E-state index contributed by atoms with van der Waals surface area (Å²) in [6.45, 7) is 7.99. The molecule has 1 unspecified atom stereocenters. The monoisotopic (exact) mass is 255 g/mol. The Morgan fingerprint density at radius 1 is 1.18 bits per heavy atom. The molecule has 5 heteroatoms. The summed E-state index contributed by atoms with van der Waals surface area (Å²) in [6.07, 6.45) is -3.95. The van der Waals surface area contributed by atoms with Gasteiger partial charge in [0.15, 0.2) is 0 Å². The van der Waals surface area contributed by atoms with E-state index in [0.29, 0.717) is 12.5 Å². The lowest BCUT2D eigenvalue weighted by Crippen LogP contribution is -2.31. The van der Waals surface area contributed by atoms with E-state index < -0.39 is 12.6 Å². The van der Waals surface area contributed by atoms with Crippen LogP contribution in [0.5, 0.6) is 0 Å². The molecule has 0 heterocycles. The molecule has 0 saturated heterocycles. The Labute approximate surface area is 102 Å². The van der Waals surface area contributed by atoms with Gasteiger partial charge in [0.05, 0.1) is 6.10 Å². The van der Waals surface area contributed by atoms with Crippen LogP contribution in [0.15, 0.2) is 0 Å². The van der Waals surface area contributed by atoms with Gasteiger partial charge < -0.3 is 10.1 Å². The van der Waals surface area contributed by atoms with Crippen molar-refractivity contribution in [3.63, 3.8) is 0 Å². The molecule has 0 radical (unpaired) electrons. The Hall–Kier alpha value is -0.290. The van der Waals surface area contributed by atoms with Gasteiger partial charge in [-0.2, -0.15) is 13.2 Å². The molecular weight excluding hydrogens is 231 g/mol. The maximum atomic E-state index is 11.9. The number of hydrogen-bond acceptors (Lipinski definition) is 2. The molecular formula is C12H24F3NO. The fourth-order valence-corrected chi connectivity index (χ4v) is 1.38. The quantitative estimate of drug-likeness (QED) is 0.638. The van der Waals surface area contributed by atoms with Crippen LogP contribution in [0.2, 0.25) is 0 Å². The van der Waals surface area contributed by atoms with Crippen LogP contribution >= 0.6 is 0 Å². The minimum absolute atomic E-state index is 0.0157. The normalized spacial score (nSPS) is 14.3. The molecule has 1 atom stereocenters. The summed E-state index contributed by atoms with van der Waals surface area (Å²) in [5.74, 6) is 0.567. The van der Waals surface area contributed by atoms with Crippen molar-refractivity contribution in [2.24, 2.45) is 5.92 Å². The van der Waals surface area contributed by atoms with E-state index in [1.54, 1.807) is 0 Å². The zero-order valence-electron chi connectivity index (χ0n) is 10.9. The van der Waals surface area contributed by atoms with Crippen molar-refractivity contribution >= 4 is 0 Å². The van der Waals surface area contributed by atoms with Gasteiger partial charge in [-0.1, -0.05) is 20.8 Å². The number of halogens is 3. The molecule has 0 aromatic carbocycles. The molecule has 0 spiro atoms. The van der Waals surface area contributed by atoms with E-state index in [1.165, 1.54) is 0 Å². The van der Waals surface area contributed by atoms with Crippen LogP contribution in [0.3, 0.4) is 0 Å². The lowest BCUT2D eigenvalue weighted by Gasteiger charge is -2.18. The van der Waals surface area contributed by atoms with E-state index in [2.05, 4.69) is 19.2 Å². The first kappa shape index (κ1) is 16.7. The van der Waals surface area contributed by atoms with Crippen molar-refractivity contribution in [1.82, 2.24) is 5.32 Å². The number of rotatable bonds is 9. The zero-order valence-corrected chi connectivity index (χ0v) is 10.9. The molecule has 0 aliphatic rings. The van der Waals surface area contributed by atoms with Gasteiger partial charge in [-0.25, -0.2) is 0 Å². The molecule has 0 aromatic rings. The fraction of sp³-hybridized carbons (Fsp3) is 1.00. The van der Waals surface area contributed by atoms with Crippen LogP contribution in [0.4, 0.5) is 13.2 Å². The van der Waals surface area contributed by atoms with Gasteiger partial charge in [0.25, 0.3) is 0 Å². The molecule has 0 saturated carbocycles. The summed E-state index contributed by atoms with van der Waals surface area (Å²) in [4.78, 5) is 0. The molecule has 1 N–H and O–H groups in total. The van der Waals surface area contributed by atoms with Crippen molar-refractivity contribution in [3.8, 4) is 0 Å². The van der Waals surface area contributed by atoms with Crippen LogP contribution in [0, 0.1) is 5.92 Å². The summed E-state index contributed by atoms with van der Waals surface area (Å²) in [6, 6.07) is 0. The van der Waals surface area contributed by atoms with Gasteiger partial charge in [-0.3, -0.25) is 0 Å². The fourth-order valence-electron chi connectivity index (χ4n) is 1.38. The van der Waals surface area contributed by atoms with E-state index >= 15 is 0 Å². The molecule has 0 fully saturated rings. The van der Waals surface area contributed by atoms with Gasteiger partial charge in [-0.05, 0) is 25.3 Å². The molecule has 0 bridgehead atoms. The van der Waals surface area contributed by atoms with Gasteiger partial charge in [0.1, 0.15) is 0 Å². The second-order valence-electron chi connectivity index (χ2n) is 4.67. The molecule has 0 amide bonds. The highest BCUT2D eigenvalue weighted by Crippen LogP contribution is 2.21. The lowest BCUT2D eigenvalue weighted by molar-refractivity contribution is -0.138. The Bertz CT molecular complexity index is 183. The predicted octanol–water partition coefficient (Wildman–Crippen LogP) is 3.37. The number of nitrogens with one attached hydrogen (secondary N) is 1. The van der Waals surface area contributed by atoms with Crippen molar-refractivity contribution < 1.29 is 17.9 Å². The summed E-state index contributed by atoms with van der Waals surface area (Å²) in [5.41, 5.74) is 0. The molecule has 0 aliphatic carbocycles. The van der Waals surface area contributed by atoms with E-state index in [0.717, 1.165) is 13.0 Å². The second kappa shape index (κ2) is 8.75. The average Bonchev–Trinajstić information content (AvgIpc) is 2.19. The lowest BCUT2D eigenvalue weighted by atomic mass is 10.2. The Kier molecular flexibility index (Phi) is 8.60. The third kappa shape index (κ3) is 12.0. The van der Waals surface area contributed by atoms with Crippen LogP contribution < -0.4 is 5.32 Å². The van der Waals surface area contributed by atoms with Crippen molar-refractivity contribution in [1.29, 1.82) is 0 Å². The van der Waals surface area contributed by atoms with E-state index in [1.807, 2.05) is 6.92 Å². The topological polar surface area (TPSA) is 21.3 Å². The first-order valence-electron chi connectivity index (χ1n) is 6.24. The van der Waals surface area contributed by atoms with E-state index in [9.17, 15) is 13.2 Å². The van der Waals surface area contributed by atoms with Crippen molar-refractivity contribution in [2.75, 3.05) is 19.7 Å². The number of ether oxygens (including phenoxy) is 1. The first-order valence-corrected chi connectivity index (χ1v) is 6.24. The van der Waals surface area contributed by atoms with Gasteiger partial charge >= 0.3 is 6.18 Å². The van der Waals surface area contributed by atoms with E-state index in [-0.39, 0.29) is 19.1 Å². The standard InChI is InChI=1S/C12H24F3NO/c1-4-11(9-16-8-10(2)3)17-7-5-6-12(13,14)15/h10-11,16H,4-9H2,1-3H3. The molecule has 17 heavy (non-hydrogen) atoms. The summed E-state index contributed by atoms with van der Waals surface area (Å²) in [5, 5.41) is 3.25. The summed E-state index contributed by atoms with van der Waals surface area (Å²) < 4.78 is 41.1. The predicted molar refractivity (Wildman–Crippen MR) is 63.0 cm³/mol. The highest BCUT2D eigenvalue weighted by atomic mass is 19.4. The Morgan fingerprint density at radius 2 is 1.82 bits per heavy atom. The zero-order chi connectivity index (χ0) is 13.3. The molecule has 104 valence electrons. The van der Waals surface area contributed by atoms with Gasteiger partial charge in [0.2, 0.25) is 0 Å². The Morgan fingerprint density at radius 3 is 2.29 bits per heavy atom. The first-order chi connectivity index (χ1) is 7.85. The maximum absolute atomic E-state index is 11.9. The molecule has 2 nitrogen and oxygen atoms in total. The van der Waals surface area contributed by atoms with Gasteiger partial charge in [-0.15, -0.1) is 0 Å². The second-order valence-corrected chi connectivity index (χ2v) is 4.67. The molecule has 0 aromatic heterocycles. The summed E-state index contributed by atoms with van der Waals surface area (Å²) >= 11 is 0. The van der Waals surface area contributed by atoms with Crippen LogP contribution in [0.1, 0.15) is 40.0 Å². The largest absolute Gasteiger partial charge is 0.389 e. The van der Waals surface area contributed by atoms with Crippen LogP contribution in [0.25, 0.3) is 0 Å². The van der Waals surface area contributed by atoms with Crippen LogP contribution in [-0.2, 0) is 4.74 Å². The number of alkyl halides is 3. The molecule has 0 rings (SSSR count). The Balaban J connectivity index is 3.54. The SMILES string of the molecule is CCC(CNCC(C)C)OCCCC(F)(F)F. The van der Waals surface area contributed by atoms with Crippen molar-refractivity contribution in [3.05, 3.63) is 0 Å². The highest BCUT2D eigenvalue weighted by Gasteiger charge is 2.26. The third-order valence-corrected chi connectivity index (χ3v) is 2.34. The third-order valence-electron chi connectivity index (χ3n) is 2.34. The average molecular weight is 255 g/mol. The smallest absolute Gasteiger partial charge is 0.377 e. The highest BCUT2D eigenvalue weighted by molar-refractivity contribution is 4.61.